The van der Waals surface area contributed by atoms with Crippen molar-refractivity contribution in [3.63, 3.8) is 0 Å². The lowest BCUT2D eigenvalue weighted by Gasteiger charge is -2.36. The van der Waals surface area contributed by atoms with Crippen LogP contribution in [0.25, 0.3) is 0 Å². The molecular weight excluding hydrogens is 229 g/mol. The van der Waals surface area contributed by atoms with E-state index >= 15 is 0 Å². The minimum atomic E-state index is -4.12. The normalized spacial score (nSPS) is 15.4. The molecule has 0 saturated carbocycles. The molecule has 0 aromatic carbocycles. The standard InChI is InChI=1S/C12H25F3N2/c1-6-7-16-10(2)11(3,4)8-17(5)9-12(13,14)15/h10,16H,6-9H2,1-5H3. The monoisotopic (exact) mass is 254 g/mol. The smallest absolute Gasteiger partial charge is 0.314 e. The maximum Gasteiger partial charge on any atom is 0.401 e. The first-order valence-electron chi connectivity index (χ1n) is 6.07. The molecule has 0 aliphatic rings. The average molecular weight is 254 g/mol. The highest BCUT2D eigenvalue weighted by Crippen LogP contribution is 2.24. The van der Waals surface area contributed by atoms with E-state index in [9.17, 15) is 13.2 Å². The number of hydrogen-bond acceptors (Lipinski definition) is 2. The van der Waals surface area contributed by atoms with Crippen molar-refractivity contribution in [2.45, 2.75) is 46.3 Å². The van der Waals surface area contributed by atoms with Gasteiger partial charge in [0, 0.05) is 12.6 Å². The second-order valence-electron chi connectivity index (χ2n) is 5.45. The minimum Gasteiger partial charge on any atom is -0.314 e. The molecule has 0 heterocycles. The van der Waals surface area contributed by atoms with Crippen molar-refractivity contribution in [1.82, 2.24) is 10.2 Å². The zero-order valence-electron chi connectivity index (χ0n) is 11.5. The molecular formula is C12H25F3N2. The molecule has 0 aromatic heterocycles. The minimum absolute atomic E-state index is 0.185. The molecule has 0 rings (SSSR count). The molecule has 0 aromatic rings. The summed E-state index contributed by atoms with van der Waals surface area (Å²) >= 11 is 0. The quantitative estimate of drug-likeness (QED) is 0.751. The molecule has 0 aliphatic heterocycles. The van der Waals surface area contributed by atoms with Crippen LogP contribution in [0.1, 0.15) is 34.1 Å². The lowest BCUT2D eigenvalue weighted by Crippen LogP contribution is -2.47. The van der Waals surface area contributed by atoms with Crippen LogP contribution < -0.4 is 5.32 Å². The molecule has 0 fully saturated rings. The van der Waals surface area contributed by atoms with Gasteiger partial charge in [-0.15, -0.1) is 0 Å². The second-order valence-corrected chi connectivity index (χ2v) is 5.45. The largest absolute Gasteiger partial charge is 0.401 e. The van der Waals surface area contributed by atoms with Crippen molar-refractivity contribution in [1.29, 1.82) is 0 Å². The zero-order chi connectivity index (χ0) is 13.7. The number of hydrogen-bond donors (Lipinski definition) is 1. The summed E-state index contributed by atoms with van der Waals surface area (Å²) in [6, 6.07) is 0.193. The van der Waals surface area contributed by atoms with Gasteiger partial charge in [-0.1, -0.05) is 20.8 Å². The van der Waals surface area contributed by atoms with E-state index in [2.05, 4.69) is 12.2 Å². The maximum absolute atomic E-state index is 12.2. The Bertz CT molecular complexity index is 214. The van der Waals surface area contributed by atoms with E-state index in [-0.39, 0.29) is 11.5 Å². The molecule has 17 heavy (non-hydrogen) atoms. The molecule has 1 atom stereocenters. The zero-order valence-corrected chi connectivity index (χ0v) is 11.5. The lowest BCUT2D eigenvalue weighted by molar-refractivity contribution is -0.145. The third kappa shape index (κ3) is 7.60. The van der Waals surface area contributed by atoms with Crippen molar-refractivity contribution >= 4 is 0 Å². The van der Waals surface area contributed by atoms with Crippen LogP contribution in [-0.4, -0.2) is 43.8 Å². The number of nitrogens with zero attached hydrogens (tertiary/aromatic N) is 1. The van der Waals surface area contributed by atoms with Gasteiger partial charge in [-0.2, -0.15) is 13.2 Å². The van der Waals surface area contributed by atoms with E-state index in [1.165, 1.54) is 11.9 Å². The SMILES string of the molecule is CCCNC(C)C(C)(C)CN(C)CC(F)(F)F. The summed E-state index contributed by atoms with van der Waals surface area (Å²) in [5.74, 6) is 0. The fourth-order valence-corrected chi connectivity index (χ4v) is 1.83. The topological polar surface area (TPSA) is 15.3 Å². The lowest BCUT2D eigenvalue weighted by atomic mass is 9.84. The molecule has 5 heteroatoms. The van der Waals surface area contributed by atoms with Crippen LogP contribution in [0, 0.1) is 5.41 Å². The Kier molecular flexibility index (Phi) is 6.48. The molecule has 0 spiro atoms. The molecule has 1 N–H and O–H groups in total. The highest BCUT2D eigenvalue weighted by molar-refractivity contribution is 4.83. The van der Waals surface area contributed by atoms with Gasteiger partial charge < -0.3 is 5.32 Å². The van der Waals surface area contributed by atoms with E-state index in [4.69, 9.17) is 0 Å². The molecule has 0 radical (unpaired) electrons. The van der Waals surface area contributed by atoms with Gasteiger partial charge in [0.2, 0.25) is 0 Å². The molecule has 2 nitrogen and oxygen atoms in total. The van der Waals surface area contributed by atoms with E-state index in [0.29, 0.717) is 6.54 Å². The van der Waals surface area contributed by atoms with Crippen LogP contribution >= 0.6 is 0 Å². The van der Waals surface area contributed by atoms with Crippen LogP contribution in [0.15, 0.2) is 0 Å². The first kappa shape index (κ1) is 16.7. The Labute approximate surface area is 103 Å². The summed E-state index contributed by atoms with van der Waals surface area (Å²) in [4.78, 5) is 1.34. The average Bonchev–Trinajstić information content (AvgIpc) is 2.09. The van der Waals surface area contributed by atoms with Gasteiger partial charge in [0.25, 0.3) is 0 Å². The van der Waals surface area contributed by atoms with Crippen molar-refractivity contribution in [2.75, 3.05) is 26.7 Å². The summed E-state index contributed by atoms with van der Waals surface area (Å²) in [6.07, 6.45) is -3.09. The molecule has 0 aliphatic carbocycles. The fourth-order valence-electron chi connectivity index (χ4n) is 1.83. The first-order chi connectivity index (χ1) is 7.58. The van der Waals surface area contributed by atoms with E-state index in [1.807, 2.05) is 20.8 Å². The van der Waals surface area contributed by atoms with Gasteiger partial charge in [-0.3, -0.25) is 4.90 Å². The van der Waals surface area contributed by atoms with Crippen LogP contribution in [0.4, 0.5) is 13.2 Å². The van der Waals surface area contributed by atoms with Gasteiger partial charge >= 0.3 is 6.18 Å². The number of halogens is 3. The van der Waals surface area contributed by atoms with Crippen LogP contribution in [-0.2, 0) is 0 Å². The van der Waals surface area contributed by atoms with Crippen LogP contribution in [0.3, 0.4) is 0 Å². The van der Waals surface area contributed by atoms with E-state index in [1.54, 1.807) is 0 Å². The number of alkyl halides is 3. The fraction of sp³-hybridized carbons (Fsp3) is 1.00. The van der Waals surface area contributed by atoms with Gasteiger partial charge in [0.1, 0.15) is 0 Å². The summed E-state index contributed by atoms with van der Waals surface area (Å²) < 4.78 is 36.7. The van der Waals surface area contributed by atoms with Crippen molar-refractivity contribution in [3.05, 3.63) is 0 Å². The first-order valence-corrected chi connectivity index (χ1v) is 6.07. The summed E-state index contributed by atoms with van der Waals surface area (Å²) in [7, 11) is 1.52. The molecule has 0 bridgehead atoms. The van der Waals surface area contributed by atoms with Crippen molar-refractivity contribution < 1.29 is 13.2 Å². The predicted molar refractivity (Wildman–Crippen MR) is 65.1 cm³/mol. The van der Waals surface area contributed by atoms with Gasteiger partial charge in [0.05, 0.1) is 6.54 Å². The maximum atomic E-state index is 12.2. The molecule has 104 valence electrons. The Balaban J connectivity index is 4.23. The van der Waals surface area contributed by atoms with Gasteiger partial charge in [0.15, 0.2) is 0 Å². The third-order valence-corrected chi connectivity index (χ3v) is 3.00. The predicted octanol–water partition coefficient (Wildman–Crippen LogP) is 2.89. The van der Waals surface area contributed by atoms with Gasteiger partial charge in [-0.05, 0) is 32.4 Å². The summed E-state index contributed by atoms with van der Waals surface area (Å²) in [5.41, 5.74) is -0.185. The Morgan fingerprint density at radius 3 is 2.12 bits per heavy atom. The highest BCUT2D eigenvalue weighted by atomic mass is 19.4. The molecule has 0 saturated heterocycles. The van der Waals surface area contributed by atoms with Crippen molar-refractivity contribution in [2.24, 2.45) is 5.41 Å². The van der Waals surface area contributed by atoms with Gasteiger partial charge in [-0.25, -0.2) is 0 Å². The molecule has 1 unspecified atom stereocenters. The van der Waals surface area contributed by atoms with Crippen LogP contribution in [0.5, 0.6) is 0 Å². The Hall–Kier alpha value is -0.290. The number of rotatable bonds is 7. The van der Waals surface area contributed by atoms with E-state index < -0.39 is 12.7 Å². The Morgan fingerprint density at radius 1 is 1.18 bits per heavy atom. The van der Waals surface area contributed by atoms with Crippen LogP contribution in [0.2, 0.25) is 0 Å². The third-order valence-electron chi connectivity index (χ3n) is 3.00. The van der Waals surface area contributed by atoms with E-state index in [0.717, 1.165) is 13.0 Å². The number of nitrogens with one attached hydrogen (secondary N) is 1. The summed E-state index contributed by atoms with van der Waals surface area (Å²) in [5, 5.41) is 3.33. The highest BCUT2D eigenvalue weighted by Gasteiger charge is 2.33. The summed E-state index contributed by atoms with van der Waals surface area (Å²) in [6.45, 7) is 8.55. The van der Waals surface area contributed by atoms with Crippen molar-refractivity contribution in [3.8, 4) is 0 Å². The Morgan fingerprint density at radius 2 is 1.71 bits per heavy atom. The molecule has 0 amide bonds. The second kappa shape index (κ2) is 6.59.